The van der Waals surface area contributed by atoms with Crippen molar-refractivity contribution < 1.29 is 23.5 Å². The number of hydrogen-bond acceptors (Lipinski definition) is 4. The molecule has 170 valence electrons. The quantitative estimate of drug-likeness (QED) is 0.562. The van der Waals surface area contributed by atoms with Crippen LogP contribution in [0.25, 0.3) is 0 Å². The first-order chi connectivity index (χ1) is 15.4. The molecule has 0 aromatic heterocycles. The molecule has 3 rings (SSSR count). The SMILES string of the molecule is O=C(NCCCNC(=O)[C@H]1CCCN1C(=O)COc1ccc(Cl)cc1)c1ccc(F)cc1. The van der Waals surface area contributed by atoms with Gasteiger partial charge in [-0.15, -0.1) is 0 Å². The van der Waals surface area contributed by atoms with E-state index in [0.717, 1.165) is 6.42 Å². The Morgan fingerprint density at radius 2 is 1.72 bits per heavy atom. The number of likely N-dealkylation sites (tertiary alicyclic amines) is 1. The molecule has 1 saturated heterocycles. The Morgan fingerprint density at radius 1 is 1.03 bits per heavy atom. The maximum atomic E-state index is 12.9. The van der Waals surface area contributed by atoms with Crippen LogP contribution in [-0.2, 0) is 9.59 Å². The Balaban J connectivity index is 1.37. The van der Waals surface area contributed by atoms with E-state index >= 15 is 0 Å². The highest BCUT2D eigenvalue weighted by atomic mass is 35.5. The van der Waals surface area contributed by atoms with Gasteiger partial charge in [-0.05, 0) is 67.8 Å². The molecule has 1 fully saturated rings. The van der Waals surface area contributed by atoms with Gasteiger partial charge in [-0.2, -0.15) is 0 Å². The van der Waals surface area contributed by atoms with Crippen molar-refractivity contribution in [1.82, 2.24) is 15.5 Å². The number of nitrogens with one attached hydrogen (secondary N) is 2. The largest absolute Gasteiger partial charge is 0.484 e. The van der Waals surface area contributed by atoms with Gasteiger partial charge in [0.2, 0.25) is 5.91 Å². The minimum Gasteiger partial charge on any atom is -0.484 e. The molecular formula is C23H25ClFN3O4. The van der Waals surface area contributed by atoms with E-state index in [1.54, 1.807) is 29.2 Å². The predicted molar refractivity (Wildman–Crippen MR) is 118 cm³/mol. The number of benzene rings is 2. The van der Waals surface area contributed by atoms with Gasteiger partial charge in [0.1, 0.15) is 17.6 Å². The van der Waals surface area contributed by atoms with E-state index in [-0.39, 0.29) is 24.3 Å². The van der Waals surface area contributed by atoms with Gasteiger partial charge in [-0.1, -0.05) is 11.6 Å². The highest BCUT2D eigenvalue weighted by molar-refractivity contribution is 6.30. The summed E-state index contributed by atoms with van der Waals surface area (Å²) in [5.74, 6) is -0.633. The van der Waals surface area contributed by atoms with Gasteiger partial charge in [-0.3, -0.25) is 14.4 Å². The lowest BCUT2D eigenvalue weighted by Crippen LogP contribution is -2.47. The molecule has 0 radical (unpaired) electrons. The molecule has 0 bridgehead atoms. The molecule has 1 atom stereocenters. The van der Waals surface area contributed by atoms with E-state index in [4.69, 9.17) is 16.3 Å². The fraction of sp³-hybridized carbons (Fsp3) is 0.348. The zero-order valence-corrected chi connectivity index (χ0v) is 18.2. The summed E-state index contributed by atoms with van der Waals surface area (Å²) < 4.78 is 18.4. The second kappa shape index (κ2) is 11.5. The molecule has 3 amide bonds. The third kappa shape index (κ3) is 6.68. The average molecular weight is 462 g/mol. The van der Waals surface area contributed by atoms with Crippen molar-refractivity contribution in [2.45, 2.75) is 25.3 Å². The van der Waals surface area contributed by atoms with Crippen molar-refractivity contribution in [3.8, 4) is 5.75 Å². The molecule has 1 heterocycles. The van der Waals surface area contributed by atoms with Crippen molar-refractivity contribution >= 4 is 29.3 Å². The van der Waals surface area contributed by atoms with Gasteiger partial charge < -0.3 is 20.3 Å². The molecule has 32 heavy (non-hydrogen) atoms. The van der Waals surface area contributed by atoms with E-state index in [2.05, 4.69) is 10.6 Å². The first-order valence-electron chi connectivity index (χ1n) is 10.4. The standard InChI is InChI=1S/C23H25ClFN3O4/c24-17-6-10-19(11-7-17)32-15-21(29)28-14-1-3-20(28)23(31)27-13-2-12-26-22(30)16-4-8-18(25)9-5-16/h4-11,20H,1-3,12-15H2,(H,26,30)(H,27,31)/t20-/m1/s1. The number of carbonyl (C=O) groups is 3. The van der Waals surface area contributed by atoms with Gasteiger partial charge in [0, 0.05) is 30.2 Å². The Labute approximate surface area is 190 Å². The average Bonchev–Trinajstić information content (AvgIpc) is 3.29. The van der Waals surface area contributed by atoms with Crippen LogP contribution in [0.2, 0.25) is 5.02 Å². The van der Waals surface area contributed by atoms with Crippen molar-refractivity contribution in [3.05, 3.63) is 64.9 Å². The van der Waals surface area contributed by atoms with E-state index in [1.165, 1.54) is 24.3 Å². The highest BCUT2D eigenvalue weighted by Crippen LogP contribution is 2.19. The maximum Gasteiger partial charge on any atom is 0.261 e. The molecule has 9 heteroatoms. The first kappa shape index (κ1) is 23.5. The Kier molecular flexibility index (Phi) is 8.44. The number of halogens is 2. The minimum absolute atomic E-state index is 0.152. The van der Waals surface area contributed by atoms with E-state index in [1.807, 2.05) is 0 Å². The van der Waals surface area contributed by atoms with Crippen LogP contribution < -0.4 is 15.4 Å². The van der Waals surface area contributed by atoms with Gasteiger partial charge >= 0.3 is 0 Å². The van der Waals surface area contributed by atoms with Crippen LogP contribution in [0.5, 0.6) is 5.75 Å². The van der Waals surface area contributed by atoms with Crippen molar-refractivity contribution in [1.29, 1.82) is 0 Å². The molecule has 2 N–H and O–H groups in total. The fourth-order valence-electron chi connectivity index (χ4n) is 3.42. The summed E-state index contributed by atoms with van der Waals surface area (Å²) in [5, 5.41) is 6.12. The van der Waals surface area contributed by atoms with Gasteiger partial charge in [0.15, 0.2) is 6.61 Å². The monoisotopic (exact) mass is 461 g/mol. The molecular weight excluding hydrogens is 437 g/mol. The van der Waals surface area contributed by atoms with Crippen LogP contribution in [0.3, 0.4) is 0 Å². The Bertz CT molecular complexity index is 937. The molecule has 2 aromatic rings. The zero-order chi connectivity index (χ0) is 22.9. The second-order valence-electron chi connectivity index (χ2n) is 7.40. The van der Waals surface area contributed by atoms with Crippen molar-refractivity contribution in [3.63, 3.8) is 0 Å². The number of ether oxygens (including phenoxy) is 1. The molecule has 2 aromatic carbocycles. The summed E-state index contributed by atoms with van der Waals surface area (Å²) >= 11 is 5.83. The lowest BCUT2D eigenvalue weighted by atomic mass is 10.2. The number of amides is 3. The van der Waals surface area contributed by atoms with Crippen LogP contribution >= 0.6 is 11.6 Å². The number of nitrogens with zero attached hydrogens (tertiary/aromatic N) is 1. The van der Waals surface area contributed by atoms with Crippen LogP contribution in [0.1, 0.15) is 29.6 Å². The summed E-state index contributed by atoms with van der Waals surface area (Å²) in [4.78, 5) is 38.6. The third-order valence-electron chi connectivity index (χ3n) is 5.10. The maximum absolute atomic E-state index is 12.9. The summed E-state index contributed by atoms with van der Waals surface area (Å²) in [6, 6.07) is 11.5. The summed E-state index contributed by atoms with van der Waals surface area (Å²) in [5.41, 5.74) is 0.372. The molecule has 0 unspecified atom stereocenters. The molecule has 0 saturated carbocycles. The van der Waals surface area contributed by atoms with E-state index < -0.39 is 11.9 Å². The number of rotatable bonds is 9. The van der Waals surface area contributed by atoms with Crippen molar-refractivity contribution in [2.24, 2.45) is 0 Å². The van der Waals surface area contributed by atoms with Crippen molar-refractivity contribution in [2.75, 3.05) is 26.2 Å². The first-order valence-corrected chi connectivity index (χ1v) is 10.8. The molecule has 1 aliphatic rings. The van der Waals surface area contributed by atoms with Crippen LogP contribution in [0.15, 0.2) is 48.5 Å². The van der Waals surface area contributed by atoms with E-state index in [9.17, 15) is 18.8 Å². The smallest absolute Gasteiger partial charge is 0.261 e. The van der Waals surface area contributed by atoms with E-state index in [0.29, 0.717) is 48.8 Å². The number of hydrogen-bond donors (Lipinski definition) is 2. The van der Waals surface area contributed by atoms with Crippen LogP contribution in [0.4, 0.5) is 4.39 Å². The molecule has 1 aliphatic heterocycles. The summed E-state index contributed by atoms with van der Waals surface area (Å²) in [6.07, 6.45) is 1.87. The normalized spacial score (nSPS) is 15.3. The lowest BCUT2D eigenvalue weighted by molar-refractivity contribution is -0.139. The third-order valence-corrected chi connectivity index (χ3v) is 5.35. The topological polar surface area (TPSA) is 87.7 Å². The highest BCUT2D eigenvalue weighted by Gasteiger charge is 2.33. The number of carbonyl (C=O) groups excluding carboxylic acids is 3. The van der Waals surface area contributed by atoms with Crippen LogP contribution in [-0.4, -0.2) is 54.9 Å². The molecule has 0 aliphatic carbocycles. The van der Waals surface area contributed by atoms with Crippen LogP contribution in [0, 0.1) is 5.82 Å². The Hall–Kier alpha value is -3.13. The molecule has 7 nitrogen and oxygen atoms in total. The predicted octanol–water partition coefficient (Wildman–Crippen LogP) is 2.79. The minimum atomic E-state index is -0.523. The summed E-state index contributed by atoms with van der Waals surface area (Å²) in [6.45, 7) is 1.08. The zero-order valence-electron chi connectivity index (χ0n) is 17.5. The van der Waals surface area contributed by atoms with Gasteiger partial charge in [0.25, 0.3) is 11.8 Å². The van der Waals surface area contributed by atoms with Gasteiger partial charge in [-0.25, -0.2) is 4.39 Å². The molecule has 0 spiro atoms. The second-order valence-corrected chi connectivity index (χ2v) is 7.83. The summed E-state index contributed by atoms with van der Waals surface area (Å²) in [7, 11) is 0. The lowest BCUT2D eigenvalue weighted by Gasteiger charge is -2.24. The van der Waals surface area contributed by atoms with Gasteiger partial charge in [0.05, 0.1) is 0 Å². The fourth-order valence-corrected chi connectivity index (χ4v) is 3.55. The Morgan fingerprint density at radius 3 is 2.44 bits per heavy atom.